The van der Waals surface area contributed by atoms with Crippen LogP contribution in [0, 0.1) is 0 Å². The van der Waals surface area contributed by atoms with Crippen LogP contribution in [0.5, 0.6) is 0 Å². The number of fused-ring (bicyclic) bond motifs is 2. The highest BCUT2D eigenvalue weighted by Gasteiger charge is 2.24. The van der Waals surface area contributed by atoms with Crippen molar-refractivity contribution in [2.24, 2.45) is 0 Å². The van der Waals surface area contributed by atoms with Gasteiger partial charge in [0.25, 0.3) is 0 Å². The molecule has 1 saturated heterocycles. The zero-order valence-corrected chi connectivity index (χ0v) is 18.1. The van der Waals surface area contributed by atoms with Gasteiger partial charge in [-0.1, -0.05) is 23.7 Å². The molecule has 1 aliphatic rings. The number of hydrogen-bond donors (Lipinski definition) is 2. The summed E-state index contributed by atoms with van der Waals surface area (Å²) >= 11 is 6.06. The molecule has 8 nitrogen and oxygen atoms in total. The molecule has 3 heterocycles. The first kappa shape index (κ1) is 20.4. The van der Waals surface area contributed by atoms with Crippen LogP contribution < -0.4 is 11.5 Å². The summed E-state index contributed by atoms with van der Waals surface area (Å²) in [6, 6.07) is 13.4. The number of benzene rings is 2. The lowest BCUT2D eigenvalue weighted by Gasteiger charge is -2.34. The highest BCUT2D eigenvalue weighted by atomic mass is 35.5. The van der Waals surface area contributed by atoms with Gasteiger partial charge in [0.2, 0.25) is 5.91 Å². The predicted octanol–water partition coefficient (Wildman–Crippen LogP) is 2.84. The Bertz CT molecular complexity index is 1340. The van der Waals surface area contributed by atoms with Crippen LogP contribution in [0.15, 0.2) is 48.8 Å². The Kier molecular flexibility index (Phi) is 5.24. The average molecular weight is 448 g/mol. The molecule has 0 bridgehead atoms. The van der Waals surface area contributed by atoms with E-state index < -0.39 is 0 Å². The van der Waals surface area contributed by atoms with E-state index in [9.17, 15) is 4.79 Å². The number of hydrogen-bond acceptors (Lipinski definition) is 7. The van der Waals surface area contributed by atoms with Crippen molar-refractivity contribution in [2.45, 2.75) is 13.1 Å². The molecule has 162 valence electrons. The van der Waals surface area contributed by atoms with Gasteiger partial charge < -0.3 is 16.4 Å². The third-order valence-corrected chi connectivity index (χ3v) is 6.00. The molecule has 4 aromatic rings. The Balaban J connectivity index is 1.26. The Hall–Kier alpha value is -3.49. The lowest BCUT2D eigenvalue weighted by atomic mass is 10.1. The Morgan fingerprint density at radius 1 is 0.938 bits per heavy atom. The van der Waals surface area contributed by atoms with E-state index >= 15 is 0 Å². The van der Waals surface area contributed by atoms with E-state index in [1.165, 1.54) is 6.33 Å². The zero-order chi connectivity index (χ0) is 22.2. The summed E-state index contributed by atoms with van der Waals surface area (Å²) in [4.78, 5) is 29.6. The number of nitrogen functional groups attached to an aromatic ring is 2. The summed E-state index contributed by atoms with van der Waals surface area (Å²) in [7, 11) is 0. The number of halogens is 1. The second-order valence-corrected chi connectivity index (χ2v) is 8.44. The lowest BCUT2D eigenvalue weighted by molar-refractivity contribution is -0.136. The fraction of sp³-hybridized carbons (Fsp3) is 0.217. The van der Waals surface area contributed by atoms with Gasteiger partial charge in [0.05, 0.1) is 17.8 Å². The molecule has 32 heavy (non-hydrogen) atoms. The minimum absolute atomic E-state index is 0.0825. The van der Waals surface area contributed by atoms with E-state index in [0.717, 1.165) is 39.5 Å². The number of anilines is 2. The summed E-state index contributed by atoms with van der Waals surface area (Å²) < 4.78 is 0. The first-order chi connectivity index (χ1) is 15.5. The number of piperazine rings is 1. The monoisotopic (exact) mass is 447 g/mol. The van der Waals surface area contributed by atoms with Crippen LogP contribution in [0.3, 0.4) is 0 Å². The predicted molar refractivity (Wildman–Crippen MR) is 126 cm³/mol. The van der Waals surface area contributed by atoms with Gasteiger partial charge >= 0.3 is 0 Å². The van der Waals surface area contributed by atoms with E-state index in [2.05, 4.69) is 19.9 Å². The molecule has 5 rings (SSSR count). The van der Waals surface area contributed by atoms with Crippen molar-refractivity contribution >= 4 is 50.8 Å². The van der Waals surface area contributed by atoms with E-state index in [1.54, 1.807) is 0 Å². The van der Waals surface area contributed by atoms with Crippen molar-refractivity contribution in [3.63, 3.8) is 0 Å². The maximum absolute atomic E-state index is 12.8. The fourth-order valence-corrected chi connectivity index (χ4v) is 4.29. The van der Waals surface area contributed by atoms with Crippen LogP contribution in [0.25, 0.3) is 21.7 Å². The van der Waals surface area contributed by atoms with Gasteiger partial charge in [-0.25, -0.2) is 15.0 Å². The fourth-order valence-electron chi connectivity index (χ4n) is 4.11. The molecule has 2 aromatic heterocycles. The van der Waals surface area contributed by atoms with Gasteiger partial charge in [-0.15, -0.1) is 0 Å². The van der Waals surface area contributed by atoms with Crippen molar-refractivity contribution in [3.8, 4) is 0 Å². The van der Waals surface area contributed by atoms with Gasteiger partial charge in [0.15, 0.2) is 0 Å². The van der Waals surface area contributed by atoms with Gasteiger partial charge in [-0.2, -0.15) is 0 Å². The standard InChI is InChI=1S/C23H22ClN7O/c24-16-3-2-15-8-17(29-23(26)19(15)9-16)11-30-5-6-31(21(32)12-30)10-14-1-4-18-20(7-14)27-13-28-22(18)25/h1-4,7-9,13H,5-6,10-12H2,(H2,26,29)(H2,25,27,28). The van der Waals surface area contributed by atoms with Crippen molar-refractivity contribution < 1.29 is 4.79 Å². The van der Waals surface area contributed by atoms with E-state index in [4.69, 9.17) is 23.1 Å². The largest absolute Gasteiger partial charge is 0.383 e. The van der Waals surface area contributed by atoms with Crippen molar-refractivity contribution in [2.75, 3.05) is 31.1 Å². The van der Waals surface area contributed by atoms with Crippen LogP contribution in [0.1, 0.15) is 11.3 Å². The van der Waals surface area contributed by atoms with E-state index in [1.807, 2.05) is 47.4 Å². The molecule has 0 radical (unpaired) electrons. The van der Waals surface area contributed by atoms with Gasteiger partial charge in [0.1, 0.15) is 18.0 Å². The van der Waals surface area contributed by atoms with Gasteiger partial charge in [-0.3, -0.25) is 9.69 Å². The average Bonchev–Trinajstić information content (AvgIpc) is 2.76. The topological polar surface area (TPSA) is 114 Å². The van der Waals surface area contributed by atoms with Gasteiger partial charge in [-0.05, 0) is 41.3 Å². The highest BCUT2D eigenvalue weighted by Crippen LogP contribution is 2.25. The van der Waals surface area contributed by atoms with Crippen molar-refractivity contribution in [1.82, 2.24) is 24.8 Å². The van der Waals surface area contributed by atoms with Crippen LogP contribution in [0.4, 0.5) is 11.6 Å². The molecule has 1 amide bonds. The highest BCUT2D eigenvalue weighted by molar-refractivity contribution is 6.31. The quantitative estimate of drug-likeness (QED) is 0.494. The SMILES string of the molecule is Nc1nc(CN2CCN(Cc3ccc4c(N)ncnc4c3)C(=O)C2)cc2ccc(Cl)cc12. The third-order valence-electron chi connectivity index (χ3n) is 5.77. The number of carbonyl (C=O) groups is 1. The van der Waals surface area contributed by atoms with Crippen LogP contribution in [-0.4, -0.2) is 50.3 Å². The third kappa shape index (κ3) is 4.02. The first-order valence-electron chi connectivity index (χ1n) is 10.3. The molecule has 0 saturated carbocycles. The number of aromatic nitrogens is 3. The second kappa shape index (κ2) is 8.22. The molecule has 1 fully saturated rings. The number of nitrogens with two attached hydrogens (primary N) is 2. The molecule has 0 atom stereocenters. The Morgan fingerprint density at radius 3 is 2.66 bits per heavy atom. The molecule has 1 aliphatic heterocycles. The molecule has 4 N–H and O–H groups in total. The number of amides is 1. The van der Waals surface area contributed by atoms with Gasteiger partial charge in [0, 0.05) is 42.0 Å². The van der Waals surface area contributed by atoms with Crippen LogP contribution in [-0.2, 0) is 17.9 Å². The molecule has 0 unspecified atom stereocenters. The summed E-state index contributed by atoms with van der Waals surface area (Å²) in [5.41, 5.74) is 14.7. The summed E-state index contributed by atoms with van der Waals surface area (Å²) in [6.45, 7) is 2.84. The summed E-state index contributed by atoms with van der Waals surface area (Å²) in [5, 5.41) is 3.27. The zero-order valence-electron chi connectivity index (χ0n) is 17.3. The smallest absolute Gasteiger partial charge is 0.237 e. The second-order valence-electron chi connectivity index (χ2n) is 8.00. The van der Waals surface area contributed by atoms with E-state index in [0.29, 0.717) is 42.8 Å². The number of carbonyl (C=O) groups excluding carboxylic acids is 1. The molecular weight excluding hydrogens is 426 g/mol. The molecule has 0 spiro atoms. The number of rotatable bonds is 4. The summed E-state index contributed by atoms with van der Waals surface area (Å²) in [6.07, 6.45) is 1.45. The Labute approximate surface area is 189 Å². The maximum Gasteiger partial charge on any atom is 0.237 e. The lowest BCUT2D eigenvalue weighted by Crippen LogP contribution is -2.49. The molecule has 9 heteroatoms. The minimum atomic E-state index is 0.0825. The molecule has 0 aliphatic carbocycles. The van der Waals surface area contributed by atoms with Crippen molar-refractivity contribution in [3.05, 3.63) is 65.1 Å². The van der Waals surface area contributed by atoms with Crippen molar-refractivity contribution in [1.29, 1.82) is 0 Å². The molecule has 2 aromatic carbocycles. The first-order valence-corrected chi connectivity index (χ1v) is 10.7. The molecular formula is C23H22ClN7O. The Morgan fingerprint density at radius 2 is 1.81 bits per heavy atom. The normalized spacial score (nSPS) is 15.0. The van der Waals surface area contributed by atoms with Crippen LogP contribution in [0.2, 0.25) is 5.02 Å². The number of nitrogens with zero attached hydrogens (tertiary/aromatic N) is 5. The number of pyridine rings is 1. The van der Waals surface area contributed by atoms with E-state index in [-0.39, 0.29) is 5.91 Å². The van der Waals surface area contributed by atoms with Crippen LogP contribution >= 0.6 is 11.6 Å². The minimum Gasteiger partial charge on any atom is -0.383 e. The maximum atomic E-state index is 12.8. The summed E-state index contributed by atoms with van der Waals surface area (Å²) in [5.74, 6) is 0.988.